The number of hydrogen-bond donors (Lipinski definition) is 4. The van der Waals surface area contributed by atoms with Crippen molar-refractivity contribution in [3.63, 3.8) is 0 Å². The van der Waals surface area contributed by atoms with Gasteiger partial charge >= 0.3 is 7.60 Å². The lowest BCUT2D eigenvalue weighted by atomic mass is 10.1. The summed E-state index contributed by atoms with van der Waals surface area (Å²) < 4.78 is 12.0. The Morgan fingerprint density at radius 2 is 1.67 bits per heavy atom. The van der Waals surface area contributed by atoms with Gasteiger partial charge in [0.15, 0.2) is 11.5 Å². The minimum atomic E-state index is -4.27. The molecule has 1 aromatic heterocycles. The van der Waals surface area contributed by atoms with Gasteiger partial charge in [-0.15, -0.1) is 11.3 Å². The van der Waals surface area contributed by atoms with E-state index in [1.165, 1.54) is 35.6 Å². The van der Waals surface area contributed by atoms with Crippen LogP contribution in [0.1, 0.15) is 0 Å². The van der Waals surface area contributed by atoms with E-state index in [1.807, 2.05) is 6.07 Å². The molecule has 108 valence electrons. The van der Waals surface area contributed by atoms with Crippen molar-refractivity contribution in [3.8, 4) is 21.9 Å². The van der Waals surface area contributed by atoms with Gasteiger partial charge in [0.1, 0.15) is 0 Å². The average molecular weight is 322 g/mol. The number of hydrogen-bond acceptors (Lipinski definition) is 4. The molecule has 7 heteroatoms. The van der Waals surface area contributed by atoms with Crippen LogP contribution in [0.15, 0.2) is 42.5 Å². The second-order valence-corrected chi connectivity index (χ2v) is 7.27. The van der Waals surface area contributed by atoms with E-state index < -0.39 is 7.60 Å². The number of rotatable bonds is 2. The van der Waals surface area contributed by atoms with Crippen molar-refractivity contribution in [2.45, 2.75) is 0 Å². The van der Waals surface area contributed by atoms with Crippen LogP contribution >= 0.6 is 18.9 Å². The summed E-state index contributed by atoms with van der Waals surface area (Å²) in [4.78, 5) is 19.2. The Hall–Kier alpha value is -1.85. The summed E-state index contributed by atoms with van der Waals surface area (Å²) in [5.74, 6) is -0.399. The van der Waals surface area contributed by atoms with Gasteiger partial charge in [-0.2, -0.15) is 0 Å². The van der Waals surface area contributed by atoms with Crippen molar-refractivity contribution in [3.05, 3.63) is 42.5 Å². The summed E-state index contributed by atoms with van der Waals surface area (Å²) in [7, 11) is -4.27. The number of aromatic hydroxyl groups is 2. The van der Waals surface area contributed by atoms with Gasteiger partial charge in [0.25, 0.3) is 0 Å². The molecule has 4 N–H and O–H groups in total. The zero-order valence-corrected chi connectivity index (χ0v) is 12.3. The molecule has 0 unspecified atom stereocenters. The van der Waals surface area contributed by atoms with Crippen LogP contribution in [-0.4, -0.2) is 20.0 Å². The highest BCUT2D eigenvalue weighted by Crippen LogP contribution is 2.39. The molecule has 0 saturated heterocycles. The number of phenolic OH excluding ortho intramolecular Hbond substituents is 2. The van der Waals surface area contributed by atoms with Crippen LogP contribution in [0.25, 0.3) is 20.5 Å². The Labute approximate surface area is 123 Å². The maximum Gasteiger partial charge on any atom is 0.356 e. The molecule has 0 radical (unpaired) electrons. The van der Waals surface area contributed by atoms with Gasteiger partial charge < -0.3 is 20.0 Å². The fourth-order valence-corrected chi connectivity index (χ4v) is 3.77. The fourth-order valence-electron chi connectivity index (χ4n) is 2.02. The van der Waals surface area contributed by atoms with Gasteiger partial charge in [-0.1, -0.05) is 6.07 Å². The maximum absolute atomic E-state index is 11.3. The third kappa shape index (κ3) is 2.66. The van der Waals surface area contributed by atoms with Gasteiger partial charge in [-0.05, 0) is 47.3 Å². The Morgan fingerprint density at radius 3 is 2.33 bits per heavy atom. The Bertz CT molecular complexity index is 880. The lowest BCUT2D eigenvalue weighted by Crippen LogP contribution is -2.01. The van der Waals surface area contributed by atoms with Crippen molar-refractivity contribution in [1.29, 1.82) is 0 Å². The summed E-state index contributed by atoms with van der Waals surface area (Å²) >= 11 is 1.36. The second kappa shape index (κ2) is 4.86. The van der Waals surface area contributed by atoms with Crippen LogP contribution in [-0.2, 0) is 4.57 Å². The molecular weight excluding hydrogens is 311 g/mol. The minimum absolute atomic E-state index is 0.0167. The predicted octanol–water partition coefficient (Wildman–Crippen LogP) is 2.78. The van der Waals surface area contributed by atoms with Crippen molar-refractivity contribution >= 4 is 34.3 Å². The zero-order valence-electron chi connectivity index (χ0n) is 10.6. The van der Waals surface area contributed by atoms with E-state index in [2.05, 4.69) is 0 Å². The highest BCUT2D eigenvalue weighted by molar-refractivity contribution is 7.60. The van der Waals surface area contributed by atoms with E-state index >= 15 is 0 Å². The summed E-state index contributed by atoms with van der Waals surface area (Å²) in [5, 5.41) is 19.7. The van der Waals surface area contributed by atoms with E-state index in [4.69, 9.17) is 0 Å². The molecule has 0 saturated carbocycles. The molecule has 0 fully saturated rings. The van der Waals surface area contributed by atoms with E-state index in [0.29, 0.717) is 0 Å². The molecule has 0 aliphatic rings. The van der Waals surface area contributed by atoms with Gasteiger partial charge in [-0.3, -0.25) is 4.57 Å². The Kier molecular flexibility index (Phi) is 3.26. The van der Waals surface area contributed by atoms with Gasteiger partial charge in [0, 0.05) is 9.58 Å². The molecule has 3 rings (SSSR count). The lowest BCUT2D eigenvalue weighted by molar-refractivity contribution is 0.387. The van der Waals surface area contributed by atoms with Crippen molar-refractivity contribution in [2.24, 2.45) is 0 Å². The molecular formula is C14H11O5PS. The predicted molar refractivity (Wildman–Crippen MR) is 82.3 cm³/mol. The van der Waals surface area contributed by atoms with Gasteiger partial charge in [0.2, 0.25) is 0 Å². The summed E-state index contributed by atoms with van der Waals surface area (Å²) in [6.45, 7) is 0. The molecule has 0 aliphatic heterocycles. The minimum Gasteiger partial charge on any atom is -0.504 e. The normalized spacial score (nSPS) is 11.9. The lowest BCUT2D eigenvalue weighted by Gasteiger charge is -2.02. The topological polar surface area (TPSA) is 98.0 Å². The number of phenols is 2. The third-order valence-corrected chi connectivity index (χ3v) is 5.20. The highest BCUT2D eigenvalue weighted by atomic mass is 32.1. The molecule has 0 aliphatic carbocycles. The first-order valence-electron chi connectivity index (χ1n) is 5.97. The zero-order chi connectivity index (χ0) is 15.2. The van der Waals surface area contributed by atoms with E-state index in [0.717, 1.165) is 20.5 Å². The standard InChI is InChI=1S/C14H11O5PS/c15-11-4-2-8(5-12(11)16)13-6-9-1-3-10(20(17,18)19)7-14(9)21-13/h1-7,15-16H,(H2,17,18,19). The van der Waals surface area contributed by atoms with Gasteiger partial charge in [0.05, 0.1) is 5.30 Å². The fraction of sp³-hybridized carbons (Fsp3) is 0. The highest BCUT2D eigenvalue weighted by Gasteiger charge is 2.18. The number of thiophene rings is 1. The first-order chi connectivity index (χ1) is 9.84. The van der Waals surface area contributed by atoms with Crippen molar-refractivity contribution in [1.82, 2.24) is 0 Å². The summed E-state index contributed by atoms with van der Waals surface area (Å²) in [5.41, 5.74) is 0.726. The molecule has 0 spiro atoms. The van der Waals surface area contributed by atoms with Gasteiger partial charge in [-0.25, -0.2) is 0 Å². The summed E-state index contributed by atoms with van der Waals surface area (Å²) in [6.07, 6.45) is 0. The first kappa shape index (κ1) is 14.1. The molecule has 2 aromatic carbocycles. The molecule has 0 amide bonds. The van der Waals surface area contributed by atoms with E-state index in [9.17, 15) is 24.6 Å². The molecule has 0 bridgehead atoms. The maximum atomic E-state index is 11.3. The monoisotopic (exact) mass is 322 g/mol. The van der Waals surface area contributed by atoms with Crippen LogP contribution in [0.3, 0.4) is 0 Å². The first-order valence-corrected chi connectivity index (χ1v) is 8.39. The van der Waals surface area contributed by atoms with Crippen molar-refractivity contribution in [2.75, 3.05) is 0 Å². The van der Waals surface area contributed by atoms with Crippen LogP contribution in [0.4, 0.5) is 0 Å². The molecule has 1 heterocycles. The number of benzene rings is 2. The third-order valence-electron chi connectivity index (χ3n) is 3.10. The smallest absolute Gasteiger partial charge is 0.356 e. The largest absolute Gasteiger partial charge is 0.504 e. The molecule has 3 aromatic rings. The number of fused-ring (bicyclic) bond motifs is 1. The second-order valence-electron chi connectivity index (χ2n) is 4.58. The van der Waals surface area contributed by atoms with Crippen molar-refractivity contribution < 1.29 is 24.6 Å². The average Bonchev–Trinajstić information content (AvgIpc) is 2.83. The van der Waals surface area contributed by atoms with Crippen LogP contribution in [0, 0.1) is 0 Å². The van der Waals surface area contributed by atoms with Crippen LogP contribution < -0.4 is 5.30 Å². The van der Waals surface area contributed by atoms with Crippen LogP contribution in [0.2, 0.25) is 0 Å². The summed E-state index contributed by atoms with van der Waals surface area (Å²) in [6, 6.07) is 10.9. The quantitative estimate of drug-likeness (QED) is 0.430. The Morgan fingerprint density at radius 1 is 0.905 bits per heavy atom. The Balaban J connectivity index is 2.12. The molecule has 5 nitrogen and oxygen atoms in total. The van der Waals surface area contributed by atoms with Crippen LogP contribution in [0.5, 0.6) is 11.5 Å². The molecule has 0 atom stereocenters. The SMILES string of the molecule is O=P(O)(O)c1ccc2cc(-c3ccc(O)c(O)c3)sc2c1. The van der Waals surface area contributed by atoms with E-state index in [-0.39, 0.29) is 16.8 Å². The van der Waals surface area contributed by atoms with E-state index in [1.54, 1.807) is 12.1 Å². The molecule has 21 heavy (non-hydrogen) atoms.